The predicted octanol–water partition coefficient (Wildman–Crippen LogP) is 2.28. The molecule has 0 aliphatic carbocycles. The number of anilines is 1. The van der Waals surface area contributed by atoms with Gasteiger partial charge in [0.25, 0.3) is 5.91 Å². The summed E-state index contributed by atoms with van der Waals surface area (Å²) in [5, 5.41) is 2.54. The number of benzene rings is 2. The van der Waals surface area contributed by atoms with Crippen molar-refractivity contribution in [3.05, 3.63) is 54.6 Å². The van der Waals surface area contributed by atoms with Crippen LogP contribution in [0.15, 0.2) is 59.5 Å². The van der Waals surface area contributed by atoms with Crippen molar-refractivity contribution in [3.63, 3.8) is 0 Å². The molecule has 0 bridgehead atoms. The zero-order valence-electron chi connectivity index (χ0n) is 16.3. The monoisotopic (exact) mass is 420 g/mol. The van der Waals surface area contributed by atoms with Gasteiger partial charge in [-0.15, -0.1) is 0 Å². The average Bonchev–Trinajstić information content (AvgIpc) is 2.71. The van der Waals surface area contributed by atoms with Crippen LogP contribution < -0.4 is 10.1 Å². The van der Waals surface area contributed by atoms with E-state index in [0.29, 0.717) is 18.7 Å². The lowest BCUT2D eigenvalue weighted by atomic mass is 10.3. The molecule has 29 heavy (non-hydrogen) atoms. The normalized spacial score (nSPS) is 11.1. The minimum atomic E-state index is -3.53. The predicted molar refractivity (Wildman–Crippen MR) is 108 cm³/mol. The number of esters is 1. The molecule has 0 radical (unpaired) electrons. The van der Waals surface area contributed by atoms with Crippen LogP contribution in [0.3, 0.4) is 0 Å². The molecule has 0 spiro atoms. The zero-order chi connectivity index (χ0) is 21.3. The number of nitrogens with one attached hydrogen (secondary N) is 1. The first-order chi connectivity index (χ1) is 13.8. The van der Waals surface area contributed by atoms with Crippen molar-refractivity contribution < 1.29 is 27.5 Å². The molecule has 0 saturated heterocycles. The highest BCUT2D eigenvalue weighted by atomic mass is 32.2. The number of hydrogen-bond acceptors (Lipinski definition) is 6. The van der Waals surface area contributed by atoms with E-state index in [9.17, 15) is 18.0 Å². The zero-order valence-corrected chi connectivity index (χ0v) is 17.1. The smallest absolute Gasteiger partial charge is 0.306 e. The third kappa shape index (κ3) is 7.20. The number of nitrogens with zero attached hydrogens (tertiary/aromatic N) is 1. The van der Waals surface area contributed by atoms with Crippen molar-refractivity contribution in [1.29, 1.82) is 0 Å². The van der Waals surface area contributed by atoms with Crippen molar-refractivity contribution in [1.82, 2.24) is 4.31 Å². The van der Waals surface area contributed by atoms with Crippen LogP contribution >= 0.6 is 0 Å². The first kappa shape index (κ1) is 22.4. The minimum absolute atomic E-state index is 0.115. The molecule has 0 aliphatic heterocycles. The molecule has 1 N–H and O–H groups in total. The Morgan fingerprint density at radius 1 is 1.00 bits per heavy atom. The van der Waals surface area contributed by atoms with Gasteiger partial charge in [-0.05, 0) is 42.8 Å². The second kappa shape index (κ2) is 10.6. The number of ether oxygens (including phenoxy) is 2. The fourth-order valence-corrected chi connectivity index (χ4v) is 3.16. The lowest BCUT2D eigenvalue weighted by Crippen LogP contribution is -2.22. The molecule has 0 saturated carbocycles. The highest BCUT2D eigenvalue weighted by molar-refractivity contribution is 7.89. The van der Waals surface area contributed by atoms with E-state index in [1.54, 1.807) is 0 Å². The Morgan fingerprint density at radius 2 is 1.66 bits per heavy atom. The van der Waals surface area contributed by atoms with E-state index >= 15 is 0 Å². The van der Waals surface area contributed by atoms with Crippen molar-refractivity contribution in [2.24, 2.45) is 0 Å². The molecular formula is C20H24N2O6S. The Bertz CT molecular complexity index is 912. The number of hydrogen-bond donors (Lipinski definition) is 1. The van der Waals surface area contributed by atoms with Gasteiger partial charge in [0, 0.05) is 26.2 Å². The van der Waals surface area contributed by atoms with Crippen LogP contribution in [0.25, 0.3) is 0 Å². The quantitative estimate of drug-likeness (QED) is 0.467. The van der Waals surface area contributed by atoms with E-state index in [1.807, 2.05) is 30.3 Å². The summed E-state index contributed by atoms with van der Waals surface area (Å²) in [6, 6.07) is 15.0. The summed E-state index contributed by atoms with van der Waals surface area (Å²) in [4.78, 5) is 23.7. The number of sulfonamides is 1. The van der Waals surface area contributed by atoms with Crippen LogP contribution in [0.4, 0.5) is 5.69 Å². The lowest BCUT2D eigenvalue weighted by Gasteiger charge is -2.12. The number of rotatable bonds is 10. The minimum Gasteiger partial charge on any atom is -0.494 e. The van der Waals surface area contributed by atoms with Gasteiger partial charge in [-0.1, -0.05) is 18.2 Å². The van der Waals surface area contributed by atoms with E-state index in [0.717, 1.165) is 10.1 Å². The van der Waals surface area contributed by atoms with Gasteiger partial charge in [0.2, 0.25) is 10.0 Å². The second-order valence-corrected chi connectivity index (χ2v) is 8.44. The van der Waals surface area contributed by atoms with E-state index in [-0.39, 0.29) is 11.3 Å². The molecule has 0 aliphatic rings. The van der Waals surface area contributed by atoms with Crippen LogP contribution in [0.2, 0.25) is 0 Å². The van der Waals surface area contributed by atoms with E-state index in [4.69, 9.17) is 9.47 Å². The first-order valence-electron chi connectivity index (χ1n) is 8.95. The molecule has 0 heterocycles. The Hall–Kier alpha value is -2.91. The summed E-state index contributed by atoms with van der Waals surface area (Å²) < 4.78 is 35.5. The van der Waals surface area contributed by atoms with Gasteiger partial charge in [-0.2, -0.15) is 0 Å². The Morgan fingerprint density at radius 3 is 2.28 bits per heavy atom. The number of para-hydroxylation sites is 1. The Kier molecular flexibility index (Phi) is 8.17. The first-order valence-corrected chi connectivity index (χ1v) is 10.4. The third-order valence-electron chi connectivity index (χ3n) is 3.82. The molecule has 9 heteroatoms. The summed E-state index contributed by atoms with van der Waals surface area (Å²) in [6.07, 6.45) is 0.606. The molecule has 1 amide bonds. The maximum Gasteiger partial charge on any atom is 0.306 e. The van der Waals surface area contributed by atoms with Gasteiger partial charge >= 0.3 is 5.97 Å². The molecule has 156 valence electrons. The summed E-state index contributed by atoms with van der Waals surface area (Å²) in [7, 11) is -0.656. The van der Waals surface area contributed by atoms with Crippen LogP contribution in [0.5, 0.6) is 5.75 Å². The van der Waals surface area contributed by atoms with E-state index in [1.165, 1.54) is 38.4 Å². The maximum absolute atomic E-state index is 12.0. The van der Waals surface area contributed by atoms with Crippen molar-refractivity contribution in [3.8, 4) is 5.75 Å². The molecule has 0 unspecified atom stereocenters. The molecule has 8 nitrogen and oxygen atoms in total. The van der Waals surface area contributed by atoms with Crippen molar-refractivity contribution in [2.75, 3.05) is 32.6 Å². The van der Waals surface area contributed by atoms with Gasteiger partial charge in [0.1, 0.15) is 5.75 Å². The van der Waals surface area contributed by atoms with Crippen LogP contribution in [0.1, 0.15) is 12.8 Å². The van der Waals surface area contributed by atoms with Crippen LogP contribution in [-0.4, -0.2) is 51.9 Å². The number of amides is 1. The average molecular weight is 420 g/mol. The fourth-order valence-electron chi connectivity index (χ4n) is 2.26. The standard InChI is InChI=1S/C20H24N2O6S/c1-22(2)29(25,26)18-12-10-16(11-13-18)21-19(23)15-28-20(24)9-6-14-27-17-7-4-3-5-8-17/h3-5,7-8,10-13H,6,9,14-15H2,1-2H3,(H,21,23). The highest BCUT2D eigenvalue weighted by Gasteiger charge is 2.17. The molecular weight excluding hydrogens is 396 g/mol. The molecule has 0 atom stereocenters. The molecule has 0 aromatic heterocycles. The molecule has 2 aromatic rings. The van der Waals surface area contributed by atoms with Gasteiger partial charge in [-0.3, -0.25) is 9.59 Å². The van der Waals surface area contributed by atoms with Crippen LogP contribution in [0, 0.1) is 0 Å². The third-order valence-corrected chi connectivity index (χ3v) is 5.65. The largest absolute Gasteiger partial charge is 0.494 e. The van der Waals surface area contributed by atoms with Gasteiger partial charge in [-0.25, -0.2) is 12.7 Å². The topological polar surface area (TPSA) is 102 Å². The summed E-state index contributed by atoms with van der Waals surface area (Å²) in [6.45, 7) is -0.0519. The van der Waals surface area contributed by atoms with Gasteiger partial charge in [0.05, 0.1) is 11.5 Å². The van der Waals surface area contributed by atoms with Gasteiger partial charge < -0.3 is 14.8 Å². The highest BCUT2D eigenvalue weighted by Crippen LogP contribution is 2.16. The summed E-state index contributed by atoms with van der Waals surface area (Å²) >= 11 is 0. The van der Waals surface area contributed by atoms with E-state index in [2.05, 4.69) is 5.32 Å². The van der Waals surface area contributed by atoms with E-state index < -0.39 is 28.5 Å². The van der Waals surface area contributed by atoms with Gasteiger partial charge in [0.15, 0.2) is 6.61 Å². The van der Waals surface area contributed by atoms with Crippen LogP contribution in [-0.2, 0) is 24.3 Å². The Labute approximate surface area is 170 Å². The fraction of sp³-hybridized carbons (Fsp3) is 0.300. The maximum atomic E-state index is 12.0. The summed E-state index contributed by atoms with van der Waals surface area (Å²) in [5.41, 5.74) is 0.403. The molecule has 2 rings (SSSR count). The van der Waals surface area contributed by atoms with Crippen molar-refractivity contribution in [2.45, 2.75) is 17.7 Å². The lowest BCUT2D eigenvalue weighted by molar-refractivity contribution is -0.147. The number of carbonyl (C=O) groups is 2. The molecule has 0 fully saturated rings. The van der Waals surface area contributed by atoms with Crippen molar-refractivity contribution >= 4 is 27.6 Å². The summed E-state index contributed by atoms with van der Waals surface area (Å²) in [5.74, 6) is -0.281. The Balaban J connectivity index is 1.69. The second-order valence-electron chi connectivity index (χ2n) is 6.29. The number of carbonyl (C=O) groups excluding carboxylic acids is 2. The SMILES string of the molecule is CN(C)S(=O)(=O)c1ccc(NC(=O)COC(=O)CCCOc2ccccc2)cc1. The molecule has 2 aromatic carbocycles.